The molecule has 0 N–H and O–H groups in total. The number of anilines is 1. The van der Waals surface area contributed by atoms with E-state index in [1.807, 2.05) is 0 Å². The van der Waals surface area contributed by atoms with Crippen LogP contribution in [-0.4, -0.2) is 54.2 Å². The average molecular weight is 422 g/mol. The van der Waals surface area contributed by atoms with Gasteiger partial charge in [-0.05, 0) is 40.1 Å². The first-order valence-corrected chi connectivity index (χ1v) is 10.7. The number of hydrogen-bond donors (Lipinski definition) is 0. The number of rotatable bonds is 12. The Kier molecular flexibility index (Phi) is 9.03. The van der Waals surface area contributed by atoms with Gasteiger partial charge in [0.15, 0.2) is 18.9 Å². The van der Waals surface area contributed by atoms with Crippen LogP contribution in [0.3, 0.4) is 0 Å². The maximum atomic E-state index is 5.61. The highest BCUT2D eigenvalue weighted by molar-refractivity contribution is 5.88. The predicted molar refractivity (Wildman–Crippen MR) is 127 cm³/mol. The molecular formula is C26H33N2O3+. The molecule has 0 radical (unpaired) electrons. The molecule has 0 saturated carbocycles. The molecule has 0 fully saturated rings. The van der Waals surface area contributed by atoms with Crippen LogP contribution < -0.4 is 9.47 Å². The summed E-state index contributed by atoms with van der Waals surface area (Å²) in [7, 11) is 5.80. The summed E-state index contributed by atoms with van der Waals surface area (Å²) in [6.07, 6.45) is 8.47. The third kappa shape index (κ3) is 7.47. The van der Waals surface area contributed by atoms with E-state index in [2.05, 4.69) is 96.6 Å². The normalized spacial score (nSPS) is 11.5. The van der Waals surface area contributed by atoms with Gasteiger partial charge in [0.1, 0.15) is 6.61 Å². The maximum absolute atomic E-state index is 5.61. The molecule has 0 aliphatic rings. The van der Waals surface area contributed by atoms with E-state index >= 15 is 0 Å². The Morgan fingerprint density at radius 3 is 2.13 bits per heavy atom. The first-order valence-electron chi connectivity index (χ1n) is 10.7. The van der Waals surface area contributed by atoms with Gasteiger partial charge in [0.25, 0.3) is 0 Å². The Morgan fingerprint density at radius 1 is 0.742 bits per heavy atom. The third-order valence-corrected chi connectivity index (χ3v) is 5.05. The van der Waals surface area contributed by atoms with Crippen molar-refractivity contribution in [2.75, 3.05) is 59.1 Å². The predicted octanol–water partition coefficient (Wildman–Crippen LogP) is 4.04. The summed E-state index contributed by atoms with van der Waals surface area (Å²) in [6, 6.07) is 17.4. The number of ether oxygens (including phenoxy) is 3. The lowest BCUT2D eigenvalue weighted by molar-refractivity contribution is -0.698. The van der Waals surface area contributed by atoms with Crippen LogP contribution in [0.1, 0.15) is 11.1 Å². The molecule has 0 spiro atoms. The first kappa shape index (κ1) is 22.9. The zero-order valence-electron chi connectivity index (χ0n) is 18.8. The summed E-state index contributed by atoms with van der Waals surface area (Å²) >= 11 is 0. The summed E-state index contributed by atoms with van der Waals surface area (Å²) in [5.41, 5.74) is 3.59. The molecule has 3 aromatic rings. The number of methoxy groups -OCH3 is 1. The van der Waals surface area contributed by atoms with Crippen LogP contribution in [-0.2, 0) is 20.8 Å². The Hall–Kier alpha value is -2.73. The Labute approximate surface area is 185 Å². The summed E-state index contributed by atoms with van der Waals surface area (Å²) in [5, 5.41) is 2.51. The van der Waals surface area contributed by atoms with Crippen LogP contribution in [0.25, 0.3) is 22.9 Å². The summed E-state index contributed by atoms with van der Waals surface area (Å²) < 4.78 is 18.0. The standard InChI is InChI=1S/C26H33N2O3/c1-27(2)26-9-8-24-20-23(6-7-25(24)21-26)5-4-22-10-12-28(13-11-22)14-15-30-18-19-31-17-16-29-3/h4-13,20-21H,14-19H2,1-3H3/q+1. The zero-order chi connectivity index (χ0) is 21.9. The van der Waals surface area contributed by atoms with Gasteiger partial charge in [0.05, 0.1) is 26.4 Å². The lowest BCUT2D eigenvalue weighted by atomic mass is 10.1. The number of fused-ring (bicyclic) bond motifs is 1. The molecule has 31 heavy (non-hydrogen) atoms. The molecule has 164 valence electrons. The molecule has 0 amide bonds. The average Bonchev–Trinajstić information content (AvgIpc) is 2.79. The Morgan fingerprint density at radius 2 is 1.39 bits per heavy atom. The minimum atomic E-state index is 0.601. The van der Waals surface area contributed by atoms with E-state index in [4.69, 9.17) is 14.2 Å². The van der Waals surface area contributed by atoms with Gasteiger partial charge in [-0.3, -0.25) is 0 Å². The molecule has 3 rings (SSSR count). The molecule has 0 unspecified atom stereocenters. The third-order valence-electron chi connectivity index (χ3n) is 5.05. The minimum absolute atomic E-state index is 0.601. The topological polar surface area (TPSA) is 34.8 Å². The lowest BCUT2D eigenvalue weighted by Crippen LogP contribution is -2.35. The van der Waals surface area contributed by atoms with Gasteiger partial charge in [0.2, 0.25) is 0 Å². The van der Waals surface area contributed by atoms with E-state index in [9.17, 15) is 0 Å². The van der Waals surface area contributed by atoms with Gasteiger partial charge in [-0.25, -0.2) is 4.57 Å². The lowest BCUT2D eigenvalue weighted by Gasteiger charge is -2.13. The maximum Gasteiger partial charge on any atom is 0.171 e. The van der Waals surface area contributed by atoms with Gasteiger partial charge < -0.3 is 19.1 Å². The van der Waals surface area contributed by atoms with Crippen molar-refractivity contribution in [3.05, 3.63) is 72.1 Å². The van der Waals surface area contributed by atoms with Crippen molar-refractivity contribution in [1.29, 1.82) is 0 Å². The fraction of sp³-hybridized carbons (Fsp3) is 0.346. The van der Waals surface area contributed by atoms with Crippen LogP contribution in [0.2, 0.25) is 0 Å². The molecule has 0 aliphatic carbocycles. The summed E-state index contributed by atoms with van der Waals surface area (Å²) in [5.74, 6) is 0. The monoisotopic (exact) mass is 421 g/mol. The fourth-order valence-electron chi connectivity index (χ4n) is 3.19. The highest BCUT2D eigenvalue weighted by Crippen LogP contribution is 2.22. The molecule has 0 saturated heterocycles. The first-order chi connectivity index (χ1) is 15.2. The number of pyridine rings is 1. The van der Waals surface area contributed by atoms with Gasteiger partial charge in [0, 0.05) is 39.0 Å². The quantitative estimate of drug-likeness (QED) is 0.327. The molecule has 1 heterocycles. The van der Waals surface area contributed by atoms with Crippen molar-refractivity contribution in [3.63, 3.8) is 0 Å². The molecule has 1 aromatic heterocycles. The summed E-state index contributed by atoms with van der Waals surface area (Å²) in [4.78, 5) is 2.12. The highest BCUT2D eigenvalue weighted by atomic mass is 16.5. The fourth-order valence-corrected chi connectivity index (χ4v) is 3.19. The second-order valence-corrected chi connectivity index (χ2v) is 7.61. The van der Waals surface area contributed by atoms with Crippen LogP contribution >= 0.6 is 0 Å². The second-order valence-electron chi connectivity index (χ2n) is 7.61. The van der Waals surface area contributed by atoms with Gasteiger partial charge in [-0.15, -0.1) is 0 Å². The molecule has 5 nitrogen and oxygen atoms in total. The smallest absolute Gasteiger partial charge is 0.171 e. The molecule has 2 aromatic carbocycles. The van der Waals surface area contributed by atoms with Crippen molar-refractivity contribution in [2.45, 2.75) is 6.54 Å². The van der Waals surface area contributed by atoms with Crippen molar-refractivity contribution in [1.82, 2.24) is 0 Å². The van der Waals surface area contributed by atoms with E-state index in [0.717, 1.165) is 6.54 Å². The molecule has 0 aliphatic heterocycles. The Balaban J connectivity index is 1.47. The van der Waals surface area contributed by atoms with Crippen LogP contribution in [0, 0.1) is 0 Å². The van der Waals surface area contributed by atoms with E-state index < -0.39 is 0 Å². The van der Waals surface area contributed by atoms with Crippen molar-refractivity contribution >= 4 is 28.6 Å². The van der Waals surface area contributed by atoms with E-state index in [-0.39, 0.29) is 0 Å². The van der Waals surface area contributed by atoms with Crippen molar-refractivity contribution < 1.29 is 18.8 Å². The van der Waals surface area contributed by atoms with E-state index in [1.165, 1.54) is 27.6 Å². The second kappa shape index (κ2) is 12.2. The highest BCUT2D eigenvalue weighted by Gasteiger charge is 2.01. The van der Waals surface area contributed by atoms with Crippen molar-refractivity contribution in [3.8, 4) is 0 Å². The van der Waals surface area contributed by atoms with Crippen LogP contribution in [0.4, 0.5) is 5.69 Å². The summed E-state index contributed by atoms with van der Waals surface area (Å²) in [6.45, 7) is 3.92. The number of nitrogens with zero attached hydrogens (tertiary/aromatic N) is 2. The van der Waals surface area contributed by atoms with E-state index in [1.54, 1.807) is 7.11 Å². The van der Waals surface area contributed by atoms with Gasteiger partial charge in [-0.1, -0.05) is 30.4 Å². The minimum Gasteiger partial charge on any atom is -0.382 e. The number of benzene rings is 2. The van der Waals surface area contributed by atoms with Gasteiger partial charge >= 0.3 is 0 Å². The zero-order valence-corrected chi connectivity index (χ0v) is 18.8. The molecule has 5 heteroatoms. The van der Waals surface area contributed by atoms with Crippen molar-refractivity contribution in [2.24, 2.45) is 0 Å². The molecule has 0 atom stereocenters. The van der Waals surface area contributed by atoms with Gasteiger partial charge in [-0.2, -0.15) is 0 Å². The SMILES string of the molecule is COCCOCCOCC[n+]1ccc(/C=C/c2ccc3cc(N(C)C)ccc3c2)cc1. The largest absolute Gasteiger partial charge is 0.382 e. The van der Waals surface area contributed by atoms with Crippen LogP contribution in [0.15, 0.2) is 60.9 Å². The molecular weight excluding hydrogens is 388 g/mol. The number of aromatic nitrogens is 1. The van der Waals surface area contributed by atoms with E-state index in [0.29, 0.717) is 33.0 Å². The molecule has 0 bridgehead atoms. The van der Waals surface area contributed by atoms with Crippen LogP contribution in [0.5, 0.6) is 0 Å². The number of hydrogen-bond acceptors (Lipinski definition) is 4. The Bertz CT molecular complexity index is 968.